The average Bonchev–Trinajstić information content (AvgIpc) is 2.70. The molecule has 0 saturated carbocycles. The van der Waals surface area contributed by atoms with Gasteiger partial charge in [-0.25, -0.2) is 4.98 Å². The van der Waals surface area contributed by atoms with E-state index in [2.05, 4.69) is 4.98 Å². The van der Waals surface area contributed by atoms with Gasteiger partial charge in [-0.3, -0.25) is 0 Å². The summed E-state index contributed by atoms with van der Waals surface area (Å²) < 4.78 is 1.87. The molecule has 0 spiro atoms. The van der Waals surface area contributed by atoms with Crippen molar-refractivity contribution in [1.29, 1.82) is 0 Å². The van der Waals surface area contributed by atoms with Crippen LogP contribution < -0.4 is 0 Å². The van der Waals surface area contributed by atoms with Crippen LogP contribution in [0.3, 0.4) is 0 Å². The van der Waals surface area contributed by atoms with Gasteiger partial charge in [0.2, 0.25) is 0 Å². The Kier molecular flexibility index (Phi) is 2.88. The van der Waals surface area contributed by atoms with Crippen LogP contribution in [-0.4, -0.2) is 14.7 Å². The van der Waals surface area contributed by atoms with E-state index < -0.39 is 6.23 Å². The van der Waals surface area contributed by atoms with E-state index >= 15 is 0 Å². The molecule has 0 amide bonds. The van der Waals surface area contributed by atoms with Crippen LogP contribution in [0, 0.1) is 6.92 Å². The molecule has 1 aromatic carbocycles. The van der Waals surface area contributed by atoms with Crippen molar-refractivity contribution in [1.82, 2.24) is 9.55 Å². The fourth-order valence-electron chi connectivity index (χ4n) is 2.47. The van der Waals surface area contributed by atoms with Gasteiger partial charge in [0.05, 0.1) is 5.69 Å². The monoisotopic (exact) mass is 262 g/mol. The van der Waals surface area contributed by atoms with E-state index in [0.29, 0.717) is 5.15 Å². The Bertz CT molecular complexity index is 574. The first-order valence-electron chi connectivity index (χ1n) is 6.18. The van der Waals surface area contributed by atoms with E-state index in [1.165, 1.54) is 5.56 Å². The summed E-state index contributed by atoms with van der Waals surface area (Å²) in [6.45, 7) is 2.05. The van der Waals surface area contributed by atoms with Gasteiger partial charge < -0.3 is 9.67 Å². The van der Waals surface area contributed by atoms with E-state index in [1.54, 1.807) is 0 Å². The number of fused-ring (bicyclic) bond motifs is 1. The first-order chi connectivity index (χ1) is 8.66. The van der Waals surface area contributed by atoms with Crippen LogP contribution in [0.4, 0.5) is 0 Å². The van der Waals surface area contributed by atoms with Crippen LogP contribution in [0.15, 0.2) is 24.3 Å². The lowest BCUT2D eigenvalue weighted by Gasteiger charge is -2.23. The number of aliphatic hydroxyl groups excluding tert-OH is 1. The van der Waals surface area contributed by atoms with E-state index in [0.717, 1.165) is 36.3 Å². The zero-order valence-electron chi connectivity index (χ0n) is 10.2. The minimum absolute atomic E-state index is 0.509. The molecule has 1 unspecified atom stereocenters. The van der Waals surface area contributed by atoms with Crippen LogP contribution in [0.5, 0.6) is 0 Å². The third kappa shape index (κ3) is 1.84. The zero-order valence-corrected chi connectivity index (χ0v) is 11.0. The van der Waals surface area contributed by atoms with Gasteiger partial charge in [-0.2, -0.15) is 0 Å². The molecule has 0 aliphatic carbocycles. The predicted octanol–water partition coefficient (Wildman–Crippen LogP) is 3.34. The van der Waals surface area contributed by atoms with Gasteiger partial charge in [0, 0.05) is 5.56 Å². The van der Waals surface area contributed by atoms with E-state index in [-0.39, 0.29) is 0 Å². The Labute approximate surface area is 111 Å². The molecule has 0 radical (unpaired) electrons. The second kappa shape index (κ2) is 4.41. The van der Waals surface area contributed by atoms with Crippen molar-refractivity contribution in [3.05, 3.63) is 40.7 Å². The molecule has 1 N–H and O–H groups in total. The highest BCUT2D eigenvalue weighted by Crippen LogP contribution is 2.34. The van der Waals surface area contributed by atoms with Crippen molar-refractivity contribution in [2.24, 2.45) is 0 Å². The van der Waals surface area contributed by atoms with Crippen molar-refractivity contribution < 1.29 is 5.11 Å². The zero-order chi connectivity index (χ0) is 12.7. The molecular weight excluding hydrogens is 248 g/mol. The van der Waals surface area contributed by atoms with Crippen molar-refractivity contribution in [3.63, 3.8) is 0 Å². The smallest absolute Gasteiger partial charge is 0.151 e. The summed E-state index contributed by atoms with van der Waals surface area (Å²) in [4.78, 5) is 4.41. The standard InChI is InChI=1S/C14H15ClN2O/c1-9-5-7-10(8-6-9)14-16-13(15)11-3-2-4-12(18)17(11)14/h5-8,12,18H,2-4H2,1H3. The summed E-state index contributed by atoms with van der Waals surface area (Å²) >= 11 is 6.17. The Morgan fingerprint density at radius 1 is 1.33 bits per heavy atom. The maximum absolute atomic E-state index is 10.1. The number of imidazole rings is 1. The Morgan fingerprint density at radius 3 is 2.78 bits per heavy atom. The molecule has 3 rings (SSSR count). The third-order valence-electron chi connectivity index (χ3n) is 3.44. The summed E-state index contributed by atoms with van der Waals surface area (Å²) in [6.07, 6.45) is 2.10. The van der Waals surface area contributed by atoms with E-state index in [9.17, 15) is 5.11 Å². The summed E-state index contributed by atoms with van der Waals surface area (Å²) in [5.41, 5.74) is 3.15. The molecule has 4 heteroatoms. The number of halogens is 1. The number of aliphatic hydroxyl groups is 1. The van der Waals surface area contributed by atoms with Crippen LogP contribution in [0.1, 0.15) is 30.3 Å². The Hall–Kier alpha value is -1.32. The molecule has 2 heterocycles. The highest BCUT2D eigenvalue weighted by Gasteiger charge is 2.25. The van der Waals surface area contributed by atoms with Crippen molar-refractivity contribution >= 4 is 11.6 Å². The number of hydrogen-bond donors (Lipinski definition) is 1. The Balaban J connectivity index is 2.15. The molecule has 18 heavy (non-hydrogen) atoms. The summed E-state index contributed by atoms with van der Waals surface area (Å²) in [6, 6.07) is 8.12. The lowest BCUT2D eigenvalue weighted by Crippen LogP contribution is -2.17. The van der Waals surface area contributed by atoms with Crippen LogP contribution >= 0.6 is 11.6 Å². The van der Waals surface area contributed by atoms with Gasteiger partial charge in [-0.15, -0.1) is 0 Å². The van der Waals surface area contributed by atoms with Gasteiger partial charge in [-0.1, -0.05) is 41.4 Å². The van der Waals surface area contributed by atoms with Crippen molar-refractivity contribution in [3.8, 4) is 11.4 Å². The lowest BCUT2D eigenvalue weighted by atomic mass is 10.1. The summed E-state index contributed by atoms with van der Waals surface area (Å²) in [5.74, 6) is 0.766. The molecule has 1 aromatic heterocycles. The minimum Gasteiger partial charge on any atom is -0.373 e. The third-order valence-corrected chi connectivity index (χ3v) is 3.75. The summed E-state index contributed by atoms with van der Waals surface area (Å²) in [7, 11) is 0. The molecular formula is C14H15ClN2O. The van der Waals surface area contributed by atoms with Crippen molar-refractivity contribution in [2.45, 2.75) is 32.4 Å². The number of hydrogen-bond acceptors (Lipinski definition) is 2. The molecule has 0 fully saturated rings. The second-order valence-electron chi connectivity index (χ2n) is 4.78. The first-order valence-corrected chi connectivity index (χ1v) is 6.56. The predicted molar refractivity (Wildman–Crippen MR) is 71.6 cm³/mol. The maximum Gasteiger partial charge on any atom is 0.151 e. The fourth-order valence-corrected chi connectivity index (χ4v) is 2.74. The van der Waals surface area contributed by atoms with Crippen molar-refractivity contribution in [2.75, 3.05) is 0 Å². The van der Waals surface area contributed by atoms with Crippen LogP contribution in [-0.2, 0) is 6.42 Å². The molecule has 0 saturated heterocycles. The lowest BCUT2D eigenvalue weighted by molar-refractivity contribution is 0.0807. The first kappa shape index (κ1) is 11.8. The fraction of sp³-hybridized carbons (Fsp3) is 0.357. The molecule has 1 aliphatic heterocycles. The van der Waals surface area contributed by atoms with Gasteiger partial charge in [0.25, 0.3) is 0 Å². The van der Waals surface area contributed by atoms with E-state index in [1.807, 2.05) is 35.8 Å². The number of benzene rings is 1. The highest BCUT2D eigenvalue weighted by atomic mass is 35.5. The quantitative estimate of drug-likeness (QED) is 0.856. The van der Waals surface area contributed by atoms with Gasteiger partial charge in [0.15, 0.2) is 5.15 Å². The maximum atomic E-state index is 10.1. The molecule has 3 nitrogen and oxygen atoms in total. The number of aryl methyl sites for hydroxylation is 1. The summed E-state index contributed by atoms with van der Waals surface area (Å²) in [5, 5.41) is 10.7. The molecule has 2 aromatic rings. The molecule has 1 atom stereocenters. The largest absolute Gasteiger partial charge is 0.373 e. The number of rotatable bonds is 1. The topological polar surface area (TPSA) is 38.0 Å². The van der Waals surface area contributed by atoms with Gasteiger partial charge in [0.1, 0.15) is 12.1 Å². The van der Waals surface area contributed by atoms with Gasteiger partial charge >= 0.3 is 0 Å². The normalized spacial score (nSPS) is 18.7. The minimum atomic E-state index is -0.509. The molecule has 1 aliphatic rings. The SMILES string of the molecule is Cc1ccc(-c2nc(Cl)c3n2C(O)CCC3)cc1. The van der Waals surface area contributed by atoms with Crippen LogP contribution in [0.25, 0.3) is 11.4 Å². The van der Waals surface area contributed by atoms with Gasteiger partial charge in [-0.05, 0) is 26.2 Å². The van der Waals surface area contributed by atoms with Crippen LogP contribution in [0.2, 0.25) is 5.15 Å². The highest BCUT2D eigenvalue weighted by molar-refractivity contribution is 6.30. The Morgan fingerprint density at radius 2 is 2.06 bits per heavy atom. The number of aromatic nitrogens is 2. The molecule has 94 valence electrons. The van der Waals surface area contributed by atoms with E-state index in [4.69, 9.17) is 11.6 Å². The molecule has 0 bridgehead atoms. The second-order valence-corrected chi connectivity index (χ2v) is 5.14. The average molecular weight is 263 g/mol. The number of nitrogens with zero attached hydrogens (tertiary/aromatic N) is 2.